The molecule has 1 amide bonds. The highest BCUT2D eigenvalue weighted by Crippen LogP contribution is 2.23. The summed E-state index contributed by atoms with van der Waals surface area (Å²) in [5, 5.41) is 3.72. The summed E-state index contributed by atoms with van der Waals surface area (Å²) in [7, 11) is 3.25. The SMILES string of the molecule is COCCCNC(=O)c1cnc2c(OC)cccc2c1. The van der Waals surface area contributed by atoms with E-state index < -0.39 is 0 Å². The third kappa shape index (κ3) is 3.24. The minimum Gasteiger partial charge on any atom is -0.494 e. The van der Waals surface area contributed by atoms with Gasteiger partial charge < -0.3 is 14.8 Å². The number of methoxy groups -OCH3 is 2. The average molecular weight is 274 g/mol. The molecule has 1 heterocycles. The first-order chi connectivity index (χ1) is 9.76. The van der Waals surface area contributed by atoms with Crippen LogP contribution in [0.5, 0.6) is 5.75 Å². The topological polar surface area (TPSA) is 60.5 Å². The van der Waals surface area contributed by atoms with Crippen molar-refractivity contribution in [3.05, 3.63) is 36.0 Å². The Bertz CT molecular complexity index is 599. The fourth-order valence-electron chi connectivity index (χ4n) is 1.94. The number of fused-ring (bicyclic) bond motifs is 1. The molecule has 2 aromatic rings. The van der Waals surface area contributed by atoms with Crippen LogP contribution in [0.4, 0.5) is 0 Å². The maximum Gasteiger partial charge on any atom is 0.252 e. The second-order valence-corrected chi connectivity index (χ2v) is 4.36. The van der Waals surface area contributed by atoms with Gasteiger partial charge in [0.15, 0.2) is 0 Å². The summed E-state index contributed by atoms with van der Waals surface area (Å²) in [5.74, 6) is 0.577. The van der Waals surface area contributed by atoms with Crippen molar-refractivity contribution in [2.75, 3.05) is 27.4 Å². The molecule has 0 unspecified atom stereocenters. The summed E-state index contributed by atoms with van der Waals surface area (Å²) in [4.78, 5) is 16.3. The van der Waals surface area contributed by atoms with Crippen LogP contribution in [0.1, 0.15) is 16.8 Å². The summed E-state index contributed by atoms with van der Waals surface area (Å²) >= 11 is 0. The van der Waals surface area contributed by atoms with E-state index in [0.29, 0.717) is 24.5 Å². The predicted molar refractivity (Wildman–Crippen MR) is 77.1 cm³/mol. The van der Waals surface area contributed by atoms with E-state index in [0.717, 1.165) is 17.3 Å². The van der Waals surface area contributed by atoms with E-state index in [1.165, 1.54) is 0 Å². The van der Waals surface area contributed by atoms with E-state index in [4.69, 9.17) is 9.47 Å². The first-order valence-electron chi connectivity index (χ1n) is 6.46. The van der Waals surface area contributed by atoms with E-state index >= 15 is 0 Å². The Labute approximate surface area is 117 Å². The van der Waals surface area contributed by atoms with Crippen LogP contribution in [-0.4, -0.2) is 38.3 Å². The van der Waals surface area contributed by atoms with Crippen LogP contribution >= 0.6 is 0 Å². The fourth-order valence-corrected chi connectivity index (χ4v) is 1.94. The van der Waals surface area contributed by atoms with Crippen molar-refractivity contribution in [3.8, 4) is 5.75 Å². The Balaban J connectivity index is 2.13. The van der Waals surface area contributed by atoms with Crippen LogP contribution in [-0.2, 0) is 4.74 Å². The second-order valence-electron chi connectivity index (χ2n) is 4.36. The van der Waals surface area contributed by atoms with Crippen molar-refractivity contribution in [1.82, 2.24) is 10.3 Å². The van der Waals surface area contributed by atoms with Crippen LogP contribution in [0.3, 0.4) is 0 Å². The van der Waals surface area contributed by atoms with Gasteiger partial charge in [0.2, 0.25) is 0 Å². The quantitative estimate of drug-likeness (QED) is 0.819. The third-order valence-electron chi connectivity index (χ3n) is 2.97. The number of pyridine rings is 1. The molecule has 20 heavy (non-hydrogen) atoms. The number of benzene rings is 1. The number of carbonyl (C=O) groups excluding carboxylic acids is 1. The first kappa shape index (κ1) is 14.3. The highest BCUT2D eigenvalue weighted by Gasteiger charge is 2.08. The zero-order valence-corrected chi connectivity index (χ0v) is 11.7. The van der Waals surface area contributed by atoms with Gasteiger partial charge in [0.05, 0.1) is 12.7 Å². The van der Waals surface area contributed by atoms with Crippen molar-refractivity contribution in [2.45, 2.75) is 6.42 Å². The summed E-state index contributed by atoms with van der Waals surface area (Å²) < 4.78 is 10.2. The predicted octanol–water partition coefficient (Wildman–Crippen LogP) is 2.01. The zero-order valence-electron chi connectivity index (χ0n) is 11.7. The lowest BCUT2D eigenvalue weighted by molar-refractivity contribution is 0.0948. The molecule has 5 heteroatoms. The lowest BCUT2D eigenvalue weighted by Crippen LogP contribution is -2.25. The Morgan fingerprint density at radius 3 is 2.95 bits per heavy atom. The standard InChI is InChI=1S/C15H18N2O3/c1-19-8-4-7-16-15(18)12-9-11-5-3-6-13(20-2)14(11)17-10-12/h3,5-6,9-10H,4,7-8H2,1-2H3,(H,16,18). The highest BCUT2D eigenvalue weighted by atomic mass is 16.5. The van der Waals surface area contributed by atoms with Gasteiger partial charge in [-0.25, -0.2) is 0 Å². The molecule has 106 valence electrons. The number of hydrogen-bond donors (Lipinski definition) is 1. The number of hydrogen-bond acceptors (Lipinski definition) is 4. The van der Waals surface area contributed by atoms with Gasteiger partial charge in [-0.05, 0) is 18.6 Å². The van der Waals surface area contributed by atoms with Crippen molar-refractivity contribution < 1.29 is 14.3 Å². The summed E-state index contributed by atoms with van der Waals surface area (Å²) in [6.07, 6.45) is 2.35. The Kier molecular flexibility index (Phi) is 4.90. The molecule has 5 nitrogen and oxygen atoms in total. The number of aromatic nitrogens is 1. The minimum atomic E-state index is -0.127. The van der Waals surface area contributed by atoms with E-state index in [-0.39, 0.29) is 5.91 Å². The number of nitrogens with zero attached hydrogens (tertiary/aromatic N) is 1. The third-order valence-corrected chi connectivity index (χ3v) is 2.97. The van der Waals surface area contributed by atoms with Gasteiger partial charge in [0.1, 0.15) is 11.3 Å². The number of nitrogens with one attached hydrogen (secondary N) is 1. The molecule has 0 bridgehead atoms. The second kappa shape index (κ2) is 6.86. The lowest BCUT2D eigenvalue weighted by atomic mass is 10.1. The van der Waals surface area contributed by atoms with Crippen molar-refractivity contribution in [3.63, 3.8) is 0 Å². The van der Waals surface area contributed by atoms with E-state index in [9.17, 15) is 4.79 Å². The summed E-state index contributed by atoms with van der Waals surface area (Å²) in [5.41, 5.74) is 1.30. The van der Waals surface area contributed by atoms with Gasteiger partial charge in [-0.15, -0.1) is 0 Å². The van der Waals surface area contributed by atoms with Gasteiger partial charge in [-0.2, -0.15) is 0 Å². The lowest BCUT2D eigenvalue weighted by Gasteiger charge is -2.07. The highest BCUT2D eigenvalue weighted by molar-refractivity contribution is 5.98. The molecule has 0 spiro atoms. The van der Waals surface area contributed by atoms with Gasteiger partial charge in [-0.1, -0.05) is 12.1 Å². The molecule has 0 aliphatic rings. The van der Waals surface area contributed by atoms with Crippen molar-refractivity contribution in [1.29, 1.82) is 0 Å². The van der Waals surface area contributed by atoms with E-state index in [2.05, 4.69) is 10.3 Å². The zero-order chi connectivity index (χ0) is 14.4. The molecule has 0 saturated carbocycles. The molecular formula is C15H18N2O3. The Hall–Kier alpha value is -2.14. The number of para-hydroxylation sites is 1. The molecule has 1 aromatic carbocycles. The van der Waals surface area contributed by atoms with Crippen LogP contribution in [0, 0.1) is 0 Å². The number of rotatable bonds is 6. The molecule has 0 aliphatic carbocycles. The van der Waals surface area contributed by atoms with Gasteiger partial charge >= 0.3 is 0 Å². The van der Waals surface area contributed by atoms with Crippen LogP contribution in [0.15, 0.2) is 30.5 Å². The maximum absolute atomic E-state index is 12.0. The molecule has 0 fully saturated rings. The Morgan fingerprint density at radius 2 is 2.20 bits per heavy atom. The largest absolute Gasteiger partial charge is 0.494 e. The number of carbonyl (C=O) groups is 1. The van der Waals surface area contributed by atoms with E-state index in [1.807, 2.05) is 24.3 Å². The van der Waals surface area contributed by atoms with Crippen LogP contribution in [0.2, 0.25) is 0 Å². The molecule has 2 rings (SSSR count). The van der Waals surface area contributed by atoms with Crippen molar-refractivity contribution >= 4 is 16.8 Å². The maximum atomic E-state index is 12.0. The summed E-state index contributed by atoms with van der Waals surface area (Å²) in [6.45, 7) is 1.22. The van der Waals surface area contributed by atoms with Crippen molar-refractivity contribution in [2.24, 2.45) is 0 Å². The van der Waals surface area contributed by atoms with Gasteiger partial charge in [0.25, 0.3) is 5.91 Å². The van der Waals surface area contributed by atoms with Gasteiger partial charge in [0, 0.05) is 31.8 Å². The molecule has 0 saturated heterocycles. The monoisotopic (exact) mass is 274 g/mol. The number of amides is 1. The average Bonchev–Trinajstić information content (AvgIpc) is 2.50. The molecule has 1 aromatic heterocycles. The smallest absolute Gasteiger partial charge is 0.252 e. The normalized spacial score (nSPS) is 10.5. The molecular weight excluding hydrogens is 256 g/mol. The molecule has 0 aliphatic heterocycles. The fraction of sp³-hybridized carbons (Fsp3) is 0.333. The van der Waals surface area contributed by atoms with Crippen LogP contribution in [0.25, 0.3) is 10.9 Å². The molecule has 0 radical (unpaired) electrons. The minimum absolute atomic E-state index is 0.127. The first-order valence-corrected chi connectivity index (χ1v) is 6.46. The van der Waals surface area contributed by atoms with E-state index in [1.54, 1.807) is 20.4 Å². The Morgan fingerprint density at radius 1 is 1.35 bits per heavy atom. The number of ether oxygens (including phenoxy) is 2. The van der Waals surface area contributed by atoms with Gasteiger partial charge in [-0.3, -0.25) is 9.78 Å². The molecule has 1 N–H and O–H groups in total. The molecule has 0 atom stereocenters. The van der Waals surface area contributed by atoms with Crippen LogP contribution < -0.4 is 10.1 Å². The summed E-state index contributed by atoms with van der Waals surface area (Å²) in [6, 6.07) is 7.45.